The lowest BCUT2D eigenvalue weighted by atomic mass is 10.1. The molecule has 0 spiro atoms. The highest BCUT2D eigenvalue weighted by atomic mass is 35.5. The van der Waals surface area contributed by atoms with Crippen molar-refractivity contribution in [2.45, 2.75) is 18.8 Å². The maximum Gasteiger partial charge on any atom is 0.145 e. The number of halogens is 1. The van der Waals surface area contributed by atoms with Crippen molar-refractivity contribution in [3.05, 3.63) is 22.3 Å². The standard InChI is InChI=1S/C9H7ClN2S/c10-7-3-6(5-1-2-5)8-9(12-7)13-4-11-8/h3-5H,1-2H2. The van der Waals surface area contributed by atoms with Crippen LogP contribution in [0.2, 0.25) is 5.15 Å². The smallest absolute Gasteiger partial charge is 0.145 e. The lowest BCUT2D eigenvalue weighted by molar-refractivity contribution is 1.13. The molecule has 3 rings (SSSR count). The van der Waals surface area contributed by atoms with E-state index < -0.39 is 0 Å². The fraction of sp³-hybridized carbons (Fsp3) is 0.333. The van der Waals surface area contributed by atoms with Gasteiger partial charge in [-0.2, -0.15) is 0 Å². The van der Waals surface area contributed by atoms with Crippen LogP contribution in [0.25, 0.3) is 10.3 Å². The van der Waals surface area contributed by atoms with Gasteiger partial charge in [0.2, 0.25) is 0 Å². The first-order valence-electron chi connectivity index (χ1n) is 4.24. The Morgan fingerprint density at radius 2 is 2.31 bits per heavy atom. The van der Waals surface area contributed by atoms with E-state index in [-0.39, 0.29) is 0 Å². The molecule has 4 heteroatoms. The third-order valence-corrected chi connectivity index (χ3v) is 3.23. The van der Waals surface area contributed by atoms with E-state index in [4.69, 9.17) is 11.6 Å². The van der Waals surface area contributed by atoms with Crippen LogP contribution >= 0.6 is 22.9 Å². The van der Waals surface area contributed by atoms with Gasteiger partial charge in [0.1, 0.15) is 15.5 Å². The molecule has 1 fully saturated rings. The molecule has 2 aromatic heterocycles. The van der Waals surface area contributed by atoms with Crippen molar-refractivity contribution in [2.75, 3.05) is 0 Å². The monoisotopic (exact) mass is 210 g/mol. The molecule has 0 unspecified atom stereocenters. The van der Waals surface area contributed by atoms with Crippen molar-refractivity contribution in [3.63, 3.8) is 0 Å². The molecular formula is C9H7ClN2S. The van der Waals surface area contributed by atoms with Crippen LogP contribution < -0.4 is 0 Å². The van der Waals surface area contributed by atoms with Gasteiger partial charge in [-0.3, -0.25) is 0 Å². The number of aromatic nitrogens is 2. The van der Waals surface area contributed by atoms with Crippen LogP contribution in [0.1, 0.15) is 24.3 Å². The second-order valence-electron chi connectivity index (χ2n) is 3.31. The zero-order chi connectivity index (χ0) is 8.84. The molecule has 0 bridgehead atoms. The predicted molar refractivity (Wildman–Crippen MR) is 54.4 cm³/mol. The van der Waals surface area contributed by atoms with Gasteiger partial charge < -0.3 is 0 Å². The van der Waals surface area contributed by atoms with Gasteiger partial charge in [-0.25, -0.2) is 9.97 Å². The minimum atomic E-state index is 0.596. The van der Waals surface area contributed by atoms with Gasteiger partial charge in [-0.1, -0.05) is 11.6 Å². The summed E-state index contributed by atoms with van der Waals surface area (Å²) in [6, 6.07) is 1.96. The Morgan fingerprint density at radius 1 is 1.46 bits per heavy atom. The Balaban J connectivity index is 2.33. The summed E-state index contributed by atoms with van der Waals surface area (Å²) in [5.74, 6) is 0.685. The number of thiazole rings is 1. The number of rotatable bonds is 1. The third-order valence-electron chi connectivity index (χ3n) is 2.32. The first-order valence-corrected chi connectivity index (χ1v) is 5.50. The summed E-state index contributed by atoms with van der Waals surface area (Å²) >= 11 is 7.47. The molecular weight excluding hydrogens is 204 g/mol. The molecule has 0 aromatic carbocycles. The molecule has 1 aliphatic carbocycles. The van der Waals surface area contributed by atoms with Crippen molar-refractivity contribution in [3.8, 4) is 0 Å². The molecule has 2 nitrogen and oxygen atoms in total. The van der Waals surface area contributed by atoms with Crippen LogP contribution in [0.5, 0.6) is 0 Å². The normalized spacial score (nSPS) is 16.7. The Morgan fingerprint density at radius 3 is 3.08 bits per heavy atom. The topological polar surface area (TPSA) is 25.8 Å². The highest BCUT2D eigenvalue weighted by Gasteiger charge is 2.27. The van der Waals surface area contributed by atoms with Crippen LogP contribution in [0, 0.1) is 0 Å². The number of pyridine rings is 1. The van der Waals surface area contributed by atoms with Gasteiger partial charge in [0.25, 0.3) is 0 Å². The van der Waals surface area contributed by atoms with Crippen LogP contribution in [0.4, 0.5) is 0 Å². The largest absolute Gasteiger partial charge is 0.243 e. The minimum Gasteiger partial charge on any atom is -0.243 e. The summed E-state index contributed by atoms with van der Waals surface area (Å²) in [6.07, 6.45) is 2.54. The van der Waals surface area contributed by atoms with Gasteiger partial charge in [0.15, 0.2) is 0 Å². The molecule has 1 aliphatic rings. The SMILES string of the molecule is Clc1cc(C2CC2)c2ncsc2n1. The molecule has 1 saturated carbocycles. The van der Waals surface area contributed by atoms with Crippen molar-refractivity contribution in [1.82, 2.24) is 9.97 Å². The molecule has 0 radical (unpaired) electrons. The van der Waals surface area contributed by atoms with E-state index in [1.165, 1.54) is 18.4 Å². The second-order valence-corrected chi connectivity index (χ2v) is 4.54. The second kappa shape index (κ2) is 2.66. The number of hydrogen-bond acceptors (Lipinski definition) is 3. The third kappa shape index (κ3) is 1.23. The quantitative estimate of drug-likeness (QED) is 0.676. The van der Waals surface area contributed by atoms with Gasteiger partial charge >= 0.3 is 0 Å². The van der Waals surface area contributed by atoms with Crippen LogP contribution in [0.3, 0.4) is 0 Å². The van der Waals surface area contributed by atoms with Crippen molar-refractivity contribution in [1.29, 1.82) is 0 Å². The first-order chi connectivity index (χ1) is 6.34. The summed E-state index contributed by atoms with van der Waals surface area (Å²) < 4.78 is 0. The maximum absolute atomic E-state index is 5.92. The number of hydrogen-bond donors (Lipinski definition) is 0. The maximum atomic E-state index is 5.92. The molecule has 0 aliphatic heterocycles. The van der Waals surface area contributed by atoms with Crippen LogP contribution in [0.15, 0.2) is 11.6 Å². The fourth-order valence-corrected chi connectivity index (χ4v) is 2.49. The van der Waals surface area contributed by atoms with Crippen molar-refractivity contribution in [2.24, 2.45) is 0 Å². The fourth-order valence-electron chi connectivity index (χ4n) is 1.55. The van der Waals surface area contributed by atoms with E-state index >= 15 is 0 Å². The lowest BCUT2D eigenvalue weighted by Gasteiger charge is -1.99. The Bertz CT molecular complexity index is 462. The highest BCUT2D eigenvalue weighted by Crippen LogP contribution is 2.43. The van der Waals surface area contributed by atoms with Crippen molar-refractivity contribution >= 4 is 33.3 Å². The molecule has 0 atom stereocenters. The molecule has 0 saturated heterocycles. The van der Waals surface area contributed by atoms with E-state index in [1.807, 2.05) is 11.6 Å². The van der Waals surface area contributed by atoms with E-state index in [2.05, 4.69) is 9.97 Å². The number of fused-ring (bicyclic) bond motifs is 1. The molecule has 66 valence electrons. The number of nitrogens with zero attached hydrogens (tertiary/aromatic N) is 2. The predicted octanol–water partition coefficient (Wildman–Crippen LogP) is 3.22. The van der Waals surface area contributed by atoms with Gasteiger partial charge in [-0.05, 0) is 30.4 Å². The zero-order valence-electron chi connectivity index (χ0n) is 6.83. The molecule has 2 heterocycles. The Kier molecular flexibility index (Phi) is 1.58. The van der Waals surface area contributed by atoms with E-state index in [0.717, 1.165) is 10.3 Å². The molecule has 13 heavy (non-hydrogen) atoms. The van der Waals surface area contributed by atoms with E-state index in [1.54, 1.807) is 11.3 Å². The van der Waals surface area contributed by atoms with Crippen LogP contribution in [-0.2, 0) is 0 Å². The van der Waals surface area contributed by atoms with Crippen molar-refractivity contribution < 1.29 is 0 Å². The Labute approximate surface area is 84.6 Å². The van der Waals surface area contributed by atoms with Gasteiger partial charge in [0.05, 0.1) is 5.51 Å². The van der Waals surface area contributed by atoms with Crippen LogP contribution in [-0.4, -0.2) is 9.97 Å². The molecule has 0 amide bonds. The molecule has 2 aromatic rings. The average molecular weight is 211 g/mol. The molecule has 0 N–H and O–H groups in total. The first kappa shape index (κ1) is 7.71. The summed E-state index contributed by atoms with van der Waals surface area (Å²) in [6.45, 7) is 0. The summed E-state index contributed by atoms with van der Waals surface area (Å²) in [5.41, 5.74) is 4.17. The lowest BCUT2D eigenvalue weighted by Crippen LogP contribution is -1.85. The summed E-state index contributed by atoms with van der Waals surface area (Å²) in [5, 5.41) is 0.596. The van der Waals surface area contributed by atoms with E-state index in [9.17, 15) is 0 Å². The summed E-state index contributed by atoms with van der Waals surface area (Å²) in [7, 11) is 0. The van der Waals surface area contributed by atoms with Gasteiger partial charge in [0, 0.05) is 0 Å². The van der Waals surface area contributed by atoms with Gasteiger partial charge in [-0.15, -0.1) is 11.3 Å². The Hall–Kier alpha value is -0.670. The average Bonchev–Trinajstić information content (AvgIpc) is 2.84. The zero-order valence-corrected chi connectivity index (χ0v) is 8.40. The highest BCUT2D eigenvalue weighted by molar-refractivity contribution is 7.16. The minimum absolute atomic E-state index is 0.596. The van der Waals surface area contributed by atoms with E-state index in [0.29, 0.717) is 11.1 Å². The summed E-state index contributed by atoms with van der Waals surface area (Å²) in [4.78, 5) is 9.51.